The number of benzene rings is 3. The van der Waals surface area contributed by atoms with E-state index in [9.17, 15) is 18.0 Å². The van der Waals surface area contributed by atoms with Crippen LogP contribution in [0.2, 0.25) is 10.0 Å². The maximum Gasteiger partial charge on any atom is 0.264 e. The first kappa shape index (κ1) is 30.5. The zero-order chi connectivity index (χ0) is 28.7. The van der Waals surface area contributed by atoms with E-state index in [1.54, 1.807) is 62.4 Å². The second kappa shape index (κ2) is 13.3. The molecule has 0 spiro atoms. The highest BCUT2D eigenvalue weighted by Crippen LogP contribution is 2.28. The molecule has 0 heterocycles. The molecule has 0 saturated carbocycles. The molecule has 0 saturated heterocycles. The molecular formula is C29H33Cl2N3O4S. The summed E-state index contributed by atoms with van der Waals surface area (Å²) in [6.07, 6.45) is 0.317. The third-order valence-electron chi connectivity index (χ3n) is 6.20. The number of likely N-dealkylation sites (N-methyl/N-ethyl adjacent to an activating group) is 1. The van der Waals surface area contributed by atoms with Gasteiger partial charge in [-0.15, -0.1) is 0 Å². The minimum absolute atomic E-state index is 0.00343. The Balaban J connectivity index is 2.10. The molecule has 3 aromatic carbocycles. The largest absolute Gasteiger partial charge is 0.355 e. The van der Waals surface area contributed by atoms with Gasteiger partial charge in [-0.2, -0.15) is 0 Å². The highest BCUT2D eigenvalue weighted by Gasteiger charge is 2.34. The van der Waals surface area contributed by atoms with E-state index in [0.717, 1.165) is 15.4 Å². The van der Waals surface area contributed by atoms with Gasteiger partial charge in [0.05, 0.1) is 10.6 Å². The Kier molecular flexibility index (Phi) is 10.4. The molecule has 7 nitrogen and oxygen atoms in total. The van der Waals surface area contributed by atoms with E-state index in [1.165, 1.54) is 17.0 Å². The number of nitrogens with one attached hydrogen (secondary N) is 1. The molecule has 0 aromatic heterocycles. The summed E-state index contributed by atoms with van der Waals surface area (Å²) in [5, 5.41) is 3.56. The van der Waals surface area contributed by atoms with E-state index in [1.807, 2.05) is 19.9 Å². The first-order chi connectivity index (χ1) is 18.5. The average molecular weight is 591 g/mol. The second-order valence-electron chi connectivity index (χ2n) is 9.25. The summed E-state index contributed by atoms with van der Waals surface area (Å²) in [7, 11) is -4.12. The maximum absolute atomic E-state index is 14.0. The van der Waals surface area contributed by atoms with Crippen LogP contribution >= 0.6 is 23.2 Å². The normalized spacial score (nSPS) is 12.1. The van der Waals surface area contributed by atoms with Crippen molar-refractivity contribution in [1.29, 1.82) is 0 Å². The van der Waals surface area contributed by atoms with E-state index in [4.69, 9.17) is 23.2 Å². The maximum atomic E-state index is 14.0. The fourth-order valence-corrected chi connectivity index (χ4v) is 6.28. The van der Waals surface area contributed by atoms with Gasteiger partial charge in [-0.1, -0.05) is 60.5 Å². The number of anilines is 1. The summed E-state index contributed by atoms with van der Waals surface area (Å²) in [6.45, 7) is 7.19. The number of carbonyl (C=O) groups is 2. The van der Waals surface area contributed by atoms with E-state index in [0.29, 0.717) is 34.3 Å². The Bertz CT molecular complexity index is 1410. The zero-order valence-corrected chi connectivity index (χ0v) is 24.8. The van der Waals surface area contributed by atoms with Gasteiger partial charge in [0.25, 0.3) is 10.0 Å². The van der Waals surface area contributed by atoms with Gasteiger partial charge in [-0.05, 0) is 80.3 Å². The van der Waals surface area contributed by atoms with Crippen molar-refractivity contribution < 1.29 is 18.0 Å². The number of hydrogen-bond acceptors (Lipinski definition) is 4. The van der Waals surface area contributed by atoms with Crippen LogP contribution in [0.4, 0.5) is 5.69 Å². The topological polar surface area (TPSA) is 86.8 Å². The SMILES string of the molecule is CCNC(=O)[C@H](CC)N(Cc1ccc(Cl)cc1Cl)C(=O)CN(c1cc(C)cc(C)c1)S(=O)(=O)c1ccccc1. The van der Waals surface area contributed by atoms with Gasteiger partial charge in [0.1, 0.15) is 12.6 Å². The van der Waals surface area contributed by atoms with E-state index >= 15 is 0 Å². The summed E-state index contributed by atoms with van der Waals surface area (Å²) in [5.41, 5.74) is 2.65. The summed E-state index contributed by atoms with van der Waals surface area (Å²) in [4.78, 5) is 28.5. The lowest BCUT2D eigenvalue weighted by Crippen LogP contribution is -2.52. The summed E-state index contributed by atoms with van der Waals surface area (Å²) in [5.74, 6) is -0.875. The molecule has 10 heteroatoms. The molecule has 2 amide bonds. The first-order valence-corrected chi connectivity index (χ1v) is 14.8. The van der Waals surface area contributed by atoms with Gasteiger partial charge < -0.3 is 10.2 Å². The van der Waals surface area contributed by atoms with Gasteiger partial charge in [-0.3, -0.25) is 13.9 Å². The summed E-state index contributed by atoms with van der Waals surface area (Å²) in [6, 6.07) is 17.4. The molecule has 0 aliphatic carbocycles. The Morgan fingerprint density at radius 2 is 1.56 bits per heavy atom. The molecular weight excluding hydrogens is 557 g/mol. The Morgan fingerprint density at radius 1 is 0.923 bits per heavy atom. The van der Waals surface area contributed by atoms with Crippen molar-refractivity contribution in [3.63, 3.8) is 0 Å². The Hall–Kier alpha value is -3.07. The molecule has 3 aromatic rings. The molecule has 3 rings (SSSR count). The Morgan fingerprint density at radius 3 is 2.13 bits per heavy atom. The predicted octanol–water partition coefficient (Wildman–Crippen LogP) is 5.75. The molecule has 0 fully saturated rings. The molecule has 1 atom stereocenters. The molecule has 0 unspecified atom stereocenters. The van der Waals surface area contributed by atoms with Crippen molar-refractivity contribution >= 4 is 50.7 Å². The molecule has 0 aliphatic heterocycles. The minimum Gasteiger partial charge on any atom is -0.355 e. The van der Waals surface area contributed by atoms with Crippen LogP contribution < -0.4 is 9.62 Å². The number of aryl methyl sites for hydroxylation is 2. The van der Waals surface area contributed by atoms with E-state index in [2.05, 4.69) is 5.32 Å². The predicted molar refractivity (Wildman–Crippen MR) is 157 cm³/mol. The average Bonchev–Trinajstić information content (AvgIpc) is 2.88. The van der Waals surface area contributed by atoms with Crippen LogP contribution in [0.25, 0.3) is 0 Å². The quantitative estimate of drug-likeness (QED) is 0.308. The number of amides is 2. The van der Waals surface area contributed by atoms with Gasteiger partial charge in [0, 0.05) is 23.1 Å². The second-order valence-corrected chi connectivity index (χ2v) is 12.0. The highest BCUT2D eigenvalue weighted by atomic mass is 35.5. The molecule has 0 radical (unpaired) electrons. The van der Waals surface area contributed by atoms with Crippen molar-refractivity contribution in [3.05, 3.63) is 93.5 Å². The standard InChI is InChI=1S/C29H33Cl2N3O4S/c1-5-27(29(36)32-6-2)33(18-22-12-13-23(30)17-26(22)31)28(35)19-34(24-15-20(3)14-21(4)16-24)39(37,38)25-10-8-7-9-11-25/h7-17,27H,5-6,18-19H2,1-4H3,(H,32,36)/t27-/m0/s1. The van der Waals surface area contributed by atoms with Gasteiger partial charge in [0.15, 0.2) is 0 Å². The van der Waals surface area contributed by atoms with Crippen LogP contribution in [-0.2, 0) is 26.2 Å². The lowest BCUT2D eigenvalue weighted by Gasteiger charge is -2.33. The molecule has 0 bridgehead atoms. The fraction of sp³-hybridized carbons (Fsp3) is 0.310. The van der Waals surface area contributed by atoms with Crippen molar-refractivity contribution in [2.75, 3.05) is 17.4 Å². The lowest BCUT2D eigenvalue weighted by molar-refractivity contribution is -0.140. The van der Waals surface area contributed by atoms with Crippen LogP contribution in [0.15, 0.2) is 71.6 Å². The molecule has 0 aliphatic rings. The number of nitrogens with zero attached hydrogens (tertiary/aromatic N) is 2. The molecule has 39 heavy (non-hydrogen) atoms. The monoisotopic (exact) mass is 589 g/mol. The fourth-order valence-electron chi connectivity index (χ4n) is 4.39. The summed E-state index contributed by atoms with van der Waals surface area (Å²) >= 11 is 12.5. The third kappa shape index (κ3) is 7.53. The van der Waals surface area contributed by atoms with E-state index in [-0.39, 0.29) is 17.3 Å². The van der Waals surface area contributed by atoms with Crippen molar-refractivity contribution in [1.82, 2.24) is 10.2 Å². The van der Waals surface area contributed by atoms with Gasteiger partial charge >= 0.3 is 0 Å². The highest BCUT2D eigenvalue weighted by molar-refractivity contribution is 7.92. The molecule has 208 valence electrons. The third-order valence-corrected chi connectivity index (χ3v) is 8.57. The van der Waals surface area contributed by atoms with Gasteiger partial charge in [-0.25, -0.2) is 8.42 Å². The number of rotatable bonds is 11. The molecule has 1 N–H and O–H groups in total. The number of sulfonamides is 1. The zero-order valence-electron chi connectivity index (χ0n) is 22.4. The summed E-state index contributed by atoms with van der Waals surface area (Å²) < 4.78 is 28.9. The van der Waals surface area contributed by atoms with E-state index < -0.39 is 28.5 Å². The Labute approximate surface area is 240 Å². The lowest BCUT2D eigenvalue weighted by atomic mass is 10.1. The van der Waals surface area contributed by atoms with Crippen LogP contribution in [0.5, 0.6) is 0 Å². The minimum atomic E-state index is -4.12. The van der Waals surface area contributed by atoms with Gasteiger partial charge in [0.2, 0.25) is 11.8 Å². The van der Waals surface area contributed by atoms with Crippen LogP contribution in [-0.4, -0.2) is 44.3 Å². The van der Waals surface area contributed by atoms with Crippen molar-refractivity contribution in [3.8, 4) is 0 Å². The smallest absolute Gasteiger partial charge is 0.264 e. The number of carbonyl (C=O) groups excluding carboxylic acids is 2. The van der Waals surface area contributed by atoms with Crippen LogP contribution in [0, 0.1) is 13.8 Å². The van der Waals surface area contributed by atoms with Crippen LogP contribution in [0.1, 0.15) is 37.0 Å². The van der Waals surface area contributed by atoms with Crippen molar-refractivity contribution in [2.24, 2.45) is 0 Å². The van der Waals surface area contributed by atoms with Crippen LogP contribution in [0.3, 0.4) is 0 Å². The van der Waals surface area contributed by atoms with Crippen molar-refractivity contribution in [2.45, 2.75) is 51.6 Å². The number of halogens is 2. The number of hydrogen-bond donors (Lipinski definition) is 1. The first-order valence-electron chi connectivity index (χ1n) is 12.6.